The number of halogens is 1. The van der Waals surface area contributed by atoms with Crippen LogP contribution in [0.25, 0.3) is 0 Å². The Bertz CT molecular complexity index is 177. The van der Waals surface area contributed by atoms with Crippen molar-refractivity contribution in [3.63, 3.8) is 0 Å². The van der Waals surface area contributed by atoms with Crippen LogP contribution in [-0.2, 0) is 0 Å². The first kappa shape index (κ1) is 7.49. The van der Waals surface area contributed by atoms with Crippen LogP contribution in [0.15, 0.2) is 0 Å². The minimum Gasteiger partial charge on any atom is -0.328 e. The van der Waals surface area contributed by atoms with Crippen LogP contribution in [0.1, 0.15) is 19.8 Å². The molecule has 10 heavy (non-hydrogen) atoms. The van der Waals surface area contributed by atoms with E-state index in [2.05, 4.69) is 6.07 Å². The van der Waals surface area contributed by atoms with Crippen molar-refractivity contribution in [2.45, 2.75) is 25.4 Å². The molecular weight excluding hydrogens is 131 g/mol. The Kier molecular flexibility index (Phi) is 1.44. The number of hydrogen-bond acceptors (Lipinski definition) is 2. The molecule has 0 unspecified atom stereocenters. The number of alkyl halides is 1. The van der Waals surface area contributed by atoms with Gasteiger partial charge in [0.25, 0.3) is 0 Å². The fourth-order valence-corrected chi connectivity index (χ4v) is 1.57. The number of rotatable bonds is 1. The summed E-state index contributed by atoms with van der Waals surface area (Å²) < 4.78 is 13.0. The second-order valence-corrected chi connectivity index (χ2v) is 3.38. The van der Waals surface area contributed by atoms with Crippen LogP contribution in [0.3, 0.4) is 0 Å². The zero-order valence-corrected chi connectivity index (χ0v) is 6.02. The molecule has 0 heterocycles. The van der Waals surface area contributed by atoms with Gasteiger partial charge in [0.1, 0.15) is 5.67 Å². The Morgan fingerprint density at radius 3 is 2.50 bits per heavy atom. The summed E-state index contributed by atoms with van der Waals surface area (Å²) in [5.74, 6) is 0. The van der Waals surface area contributed by atoms with Gasteiger partial charge in [-0.2, -0.15) is 5.26 Å². The van der Waals surface area contributed by atoms with E-state index in [0.717, 1.165) is 0 Å². The number of nitriles is 1. The Hall–Kier alpha value is -0.620. The second-order valence-electron chi connectivity index (χ2n) is 3.38. The molecule has 1 saturated carbocycles. The molecule has 0 radical (unpaired) electrons. The molecule has 0 saturated heterocycles. The third-order valence-electron chi connectivity index (χ3n) is 2.05. The summed E-state index contributed by atoms with van der Waals surface area (Å²) in [4.78, 5) is 0. The van der Waals surface area contributed by atoms with E-state index in [-0.39, 0.29) is 6.54 Å². The molecule has 0 atom stereocenters. The Morgan fingerprint density at radius 2 is 2.20 bits per heavy atom. The molecular formula is C7H11FN2. The fourth-order valence-electron chi connectivity index (χ4n) is 1.57. The molecule has 3 heteroatoms. The predicted octanol–water partition coefficient (Wildman–Crippen LogP) is 0.977. The fraction of sp³-hybridized carbons (Fsp3) is 0.857. The van der Waals surface area contributed by atoms with Crippen molar-refractivity contribution < 1.29 is 4.39 Å². The topological polar surface area (TPSA) is 49.8 Å². The maximum Gasteiger partial charge on any atom is 0.126 e. The van der Waals surface area contributed by atoms with Crippen molar-refractivity contribution in [2.24, 2.45) is 11.1 Å². The summed E-state index contributed by atoms with van der Waals surface area (Å²) in [5, 5.41) is 8.52. The summed E-state index contributed by atoms with van der Waals surface area (Å²) in [6, 6.07) is 2.07. The minimum absolute atomic E-state index is 0.0459. The summed E-state index contributed by atoms with van der Waals surface area (Å²) in [6.45, 7) is 1.81. The molecule has 0 aromatic carbocycles. The third kappa shape index (κ3) is 0.994. The average molecular weight is 142 g/mol. The van der Waals surface area contributed by atoms with Gasteiger partial charge in [0, 0.05) is 19.4 Å². The van der Waals surface area contributed by atoms with Crippen LogP contribution < -0.4 is 5.73 Å². The van der Waals surface area contributed by atoms with Crippen LogP contribution in [0.2, 0.25) is 0 Å². The van der Waals surface area contributed by atoms with E-state index in [1.165, 1.54) is 0 Å². The monoisotopic (exact) mass is 142 g/mol. The van der Waals surface area contributed by atoms with Gasteiger partial charge in [0.2, 0.25) is 0 Å². The second kappa shape index (κ2) is 1.93. The van der Waals surface area contributed by atoms with Crippen LogP contribution >= 0.6 is 0 Å². The molecule has 0 aliphatic heterocycles. The van der Waals surface area contributed by atoms with Gasteiger partial charge in [0.05, 0.1) is 11.5 Å². The maximum atomic E-state index is 13.0. The van der Waals surface area contributed by atoms with Crippen LogP contribution in [0, 0.1) is 16.7 Å². The van der Waals surface area contributed by atoms with E-state index in [1.54, 1.807) is 6.92 Å². The largest absolute Gasteiger partial charge is 0.328 e. The van der Waals surface area contributed by atoms with Crippen LogP contribution in [0.5, 0.6) is 0 Å². The van der Waals surface area contributed by atoms with E-state index in [4.69, 9.17) is 11.0 Å². The molecule has 0 spiro atoms. The first-order valence-corrected chi connectivity index (χ1v) is 3.34. The van der Waals surface area contributed by atoms with E-state index in [0.29, 0.717) is 12.8 Å². The van der Waals surface area contributed by atoms with E-state index in [1.807, 2.05) is 0 Å². The normalized spacial score (nSPS) is 45.8. The Morgan fingerprint density at radius 1 is 1.70 bits per heavy atom. The molecule has 0 aromatic rings. The lowest BCUT2D eigenvalue weighted by Gasteiger charge is -2.44. The van der Waals surface area contributed by atoms with Gasteiger partial charge in [0.15, 0.2) is 0 Å². The highest BCUT2D eigenvalue weighted by Gasteiger charge is 2.52. The van der Waals surface area contributed by atoms with E-state index >= 15 is 0 Å². The van der Waals surface area contributed by atoms with Gasteiger partial charge in [-0.15, -0.1) is 0 Å². The van der Waals surface area contributed by atoms with E-state index in [9.17, 15) is 4.39 Å². The van der Waals surface area contributed by atoms with E-state index < -0.39 is 11.1 Å². The predicted molar refractivity (Wildman–Crippen MR) is 35.8 cm³/mol. The van der Waals surface area contributed by atoms with Gasteiger partial charge in [-0.25, -0.2) is 4.39 Å². The molecule has 1 rings (SSSR count). The van der Waals surface area contributed by atoms with Crippen LogP contribution in [0.4, 0.5) is 4.39 Å². The molecule has 0 amide bonds. The maximum absolute atomic E-state index is 13.0. The first-order valence-electron chi connectivity index (χ1n) is 3.34. The van der Waals surface area contributed by atoms with Crippen molar-refractivity contribution in [1.82, 2.24) is 0 Å². The lowest BCUT2D eigenvalue weighted by molar-refractivity contribution is -0.0152. The minimum atomic E-state index is -1.25. The summed E-state index contributed by atoms with van der Waals surface area (Å²) >= 11 is 0. The standard InChI is InChI=1S/C7H11FN2/c1-6(4-9)2-7(8,3-6)5-10/h2-3,5,10H2,1H3. The lowest BCUT2D eigenvalue weighted by atomic mass is 9.62. The van der Waals surface area contributed by atoms with Crippen molar-refractivity contribution in [3.05, 3.63) is 0 Å². The van der Waals surface area contributed by atoms with Gasteiger partial charge in [-0.1, -0.05) is 0 Å². The van der Waals surface area contributed by atoms with Gasteiger partial charge >= 0.3 is 0 Å². The molecule has 2 N–H and O–H groups in total. The molecule has 1 aliphatic carbocycles. The lowest BCUT2D eigenvalue weighted by Crippen LogP contribution is -2.51. The Balaban J connectivity index is 2.52. The zero-order valence-electron chi connectivity index (χ0n) is 6.02. The number of nitrogens with two attached hydrogens (primary N) is 1. The highest BCUT2D eigenvalue weighted by atomic mass is 19.1. The summed E-state index contributed by atoms with van der Waals surface area (Å²) in [6.07, 6.45) is 0.597. The summed E-state index contributed by atoms with van der Waals surface area (Å²) in [5.41, 5.74) is 3.46. The molecule has 0 aromatic heterocycles. The molecule has 56 valence electrons. The molecule has 1 fully saturated rings. The van der Waals surface area contributed by atoms with Crippen molar-refractivity contribution in [2.75, 3.05) is 6.54 Å². The molecule has 2 nitrogen and oxygen atoms in total. The van der Waals surface area contributed by atoms with Crippen molar-refractivity contribution in [3.8, 4) is 6.07 Å². The van der Waals surface area contributed by atoms with Crippen molar-refractivity contribution in [1.29, 1.82) is 5.26 Å². The smallest absolute Gasteiger partial charge is 0.126 e. The van der Waals surface area contributed by atoms with Crippen molar-refractivity contribution >= 4 is 0 Å². The van der Waals surface area contributed by atoms with Crippen LogP contribution in [-0.4, -0.2) is 12.2 Å². The summed E-state index contributed by atoms with van der Waals surface area (Å²) in [7, 11) is 0. The highest BCUT2D eigenvalue weighted by molar-refractivity contribution is 5.13. The number of hydrogen-bond donors (Lipinski definition) is 1. The average Bonchev–Trinajstić information content (AvgIpc) is 1.85. The Labute approximate surface area is 59.8 Å². The third-order valence-corrected chi connectivity index (χ3v) is 2.05. The first-order chi connectivity index (χ1) is 4.54. The molecule has 1 aliphatic rings. The number of nitrogens with zero attached hydrogens (tertiary/aromatic N) is 1. The van der Waals surface area contributed by atoms with Gasteiger partial charge < -0.3 is 5.73 Å². The zero-order chi connectivity index (χ0) is 7.83. The quantitative estimate of drug-likeness (QED) is 0.593. The SMILES string of the molecule is CC1(C#N)CC(F)(CN)C1. The van der Waals surface area contributed by atoms with Gasteiger partial charge in [-0.3, -0.25) is 0 Å². The molecule has 0 bridgehead atoms. The highest BCUT2D eigenvalue weighted by Crippen LogP contribution is 2.49. The van der Waals surface area contributed by atoms with Gasteiger partial charge in [-0.05, 0) is 6.92 Å².